The van der Waals surface area contributed by atoms with Gasteiger partial charge >= 0.3 is 0 Å². The van der Waals surface area contributed by atoms with Crippen molar-refractivity contribution < 1.29 is 4.74 Å². The van der Waals surface area contributed by atoms with Crippen LogP contribution >= 0.6 is 66.1 Å². The van der Waals surface area contributed by atoms with Crippen molar-refractivity contribution in [2.45, 2.75) is 13.5 Å². The van der Waals surface area contributed by atoms with E-state index in [4.69, 9.17) is 16.3 Å². The molecule has 0 saturated carbocycles. The van der Waals surface area contributed by atoms with E-state index in [1.807, 2.05) is 37.3 Å². The van der Waals surface area contributed by atoms with Crippen molar-refractivity contribution in [2.24, 2.45) is 0 Å². The van der Waals surface area contributed by atoms with E-state index in [2.05, 4.69) is 59.8 Å². The minimum atomic E-state index is 0.623. The SMILES string of the molecule is CCOc1c(Br)cc(Br)cc1CNc1ccc(I)cc1Cl. The molecule has 1 N–H and O–H groups in total. The van der Waals surface area contributed by atoms with Gasteiger partial charge in [-0.25, -0.2) is 0 Å². The number of ether oxygens (including phenoxy) is 1. The first-order valence-electron chi connectivity index (χ1n) is 6.31. The van der Waals surface area contributed by atoms with Gasteiger partial charge in [0.2, 0.25) is 0 Å². The van der Waals surface area contributed by atoms with Crippen molar-refractivity contribution in [2.75, 3.05) is 11.9 Å². The Morgan fingerprint density at radius 2 is 2.00 bits per heavy atom. The van der Waals surface area contributed by atoms with Crippen molar-refractivity contribution in [1.82, 2.24) is 0 Å². The van der Waals surface area contributed by atoms with E-state index in [9.17, 15) is 0 Å². The van der Waals surface area contributed by atoms with Gasteiger partial charge in [0, 0.05) is 20.2 Å². The highest BCUT2D eigenvalue weighted by atomic mass is 127. The summed E-state index contributed by atoms with van der Waals surface area (Å²) in [5, 5.41) is 4.07. The Morgan fingerprint density at radius 1 is 1.24 bits per heavy atom. The molecule has 0 radical (unpaired) electrons. The molecule has 0 fully saturated rings. The predicted molar refractivity (Wildman–Crippen MR) is 105 cm³/mol. The third-order valence-corrected chi connectivity index (χ3v) is 4.80. The fraction of sp³-hybridized carbons (Fsp3) is 0.200. The number of hydrogen-bond acceptors (Lipinski definition) is 2. The normalized spacial score (nSPS) is 10.5. The zero-order chi connectivity index (χ0) is 15.4. The molecule has 2 aromatic rings. The molecular weight excluding hydrogens is 532 g/mol. The summed E-state index contributed by atoms with van der Waals surface area (Å²) in [5.74, 6) is 0.856. The van der Waals surface area contributed by atoms with E-state index in [0.29, 0.717) is 18.2 Å². The second-order valence-corrected chi connectivity index (χ2v) is 7.71. The Hall–Kier alpha value is 0.0200. The Morgan fingerprint density at radius 3 is 2.67 bits per heavy atom. The number of benzene rings is 2. The Labute approximate surface area is 160 Å². The van der Waals surface area contributed by atoms with Gasteiger partial charge in [-0.1, -0.05) is 27.5 Å². The van der Waals surface area contributed by atoms with Crippen LogP contribution in [0.1, 0.15) is 12.5 Å². The monoisotopic (exact) mass is 543 g/mol. The average molecular weight is 545 g/mol. The van der Waals surface area contributed by atoms with Crippen LogP contribution in [-0.2, 0) is 6.54 Å². The maximum atomic E-state index is 6.24. The fourth-order valence-electron chi connectivity index (χ4n) is 1.87. The van der Waals surface area contributed by atoms with Gasteiger partial charge in [-0.15, -0.1) is 0 Å². The van der Waals surface area contributed by atoms with Crippen molar-refractivity contribution in [3.63, 3.8) is 0 Å². The molecule has 0 amide bonds. The number of nitrogens with one attached hydrogen (secondary N) is 1. The molecule has 0 aromatic heterocycles. The van der Waals surface area contributed by atoms with E-state index in [-0.39, 0.29) is 0 Å². The van der Waals surface area contributed by atoms with Crippen LogP contribution in [0.15, 0.2) is 39.3 Å². The van der Waals surface area contributed by atoms with Gasteiger partial charge in [-0.05, 0) is 75.8 Å². The van der Waals surface area contributed by atoms with Gasteiger partial charge in [-0.3, -0.25) is 0 Å². The first-order chi connectivity index (χ1) is 10.0. The lowest BCUT2D eigenvalue weighted by atomic mass is 10.2. The van der Waals surface area contributed by atoms with Gasteiger partial charge in [0.1, 0.15) is 5.75 Å². The third-order valence-electron chi connectivity index (χ3n) is 2.77. The Kier molecular flexibility index (Phi) is 6.65. The van der Waals surface area contributed by atoms with Crippen LogP contribution in [0.4, 0.5) is 5.69 Å². The van der Waals surface area contributed by atoms with Crippen molar-refractivity contribution in [3.8, 4) is 5.75 Å². The van der Waals surface area contributed by atoms with Crippen LogP contribution in [0.2, 0.25) is 5.02 Å². The van der Waals surface area contributed by atoms with Crippen LogP contribution in [0.3, 0.4) is 0 Å². The number of hydrogen-bond donors (Lipinski definition) is 1. The number of rotatable bonds is 5. The van der Waals surface area contributed by atoms with Crippen LogP contribution in [0, 0.1) is 3.57 Å². The number of anilines is 1. The molecule has 0 aliphatic carbocycles. The Balaban J connectivity index is 2.22. The standard InChI is InChI=1S/C15H13Br2ClINO/c1-2-21-15-9(5-10(16)6-12(15)17)8-20-14-4-3-11(19)7-13(14)18/h3-7,20H,2,8H2,1H3. The summed E-state index contributed by atoms with van der Waals surface area (Å²) in [4.78, 5) is 0. The molecule has 6 heteroatoms. The summed E-state index contributed by atoms with van der Waals surface area (Å²) in [7, 11) is 0. The molecule has 0 heterocycles. The molecule has 2 aromatic carbocycles. The maximum absolute atomic E-state index is 6.24. The minimum absolute atomic E-state index is 0.623. The van der Waals surface area contributed by atoms with Gasteiger partial charge in [-0.2, -0.15) is 0 Å². The second-order valence-electron chi connectivity index (χ2n) is 4.29. The van der Waals surface area contributed by atoms with Crippen LogP contribution < -0.4 is 10.1 Å². The van der Waals surface area contributed by atoms with Crippen LogP contribution in [0.25, 0.3) is 0 Å². The minimum Gasteiger partial charge on any atom is -0.492 e. The second kappa shape index (κ2) is 8.04. The Bertz CT molecular complexity index is 652. The van der Waals surface area contributed by atoms with E-state index >= 15 is 0 Å². The largest absolute Gasteiger partial charge is 0.492 e. The maximum Gasteiger partial charge on any atom is 0.138 e. The number of halogens is 4. The fourth-order valence-corrected chi connectivity index (χ4v) is 4.23. The molecule has 0 aliphatic heterocycles. The zero-order valence-electron chi connectivity index (χ0n) is 11.2. The van der Waals surface area contributed by atoms with E-state index in [0.717, 1.165) is 29.5 Å². The topological polar surface area (TPSA) is 21.3 Å². The summed E-state index contributed by atoms with van der Waals surface area (Å²) in [6.45, 7) is 3.23. The molecule has 0 atom stereocenters. The van der Waals surface area contributed by atoms with Gasteiger partial charge in [0.05, 0.1) is 21.8 Å². The molecule has 21 heavy (non-hydrogen) atoms. The quantitative estimate of drug-likeness (QED) is 0.435. The van der Waals surface area contributed by atoms with E-state index < -0.39 is 0 Å². The smallest absolute Gasteiger partial charge is 0.138 e. The molecule has 2 rings (SSSR count). The van der Waals surface area contributed by atoms with Crippen molar-refractivity contribution in [3.05, 3.63) is 53.4 Å². The molecule has 0 bridgehead atoms. The molecule has 0 spiro atoms. The van der Waals surface area contributed by atoms with Gasteiger partial charge in [0.25, 0.3) is 0 Å². The van der Waals surface area contributed by atoms with Crippen molar-refractivity contribution in [1.29, 1.82) is 0 Å². The third kappa shape index (κ3) is 4.74. The lowest BCUT2D eigenvalue weighted by Gasteiger charge is -2.15. The summed E-state index contributed by atoms with van der Waals surface area (Å²) in [5.41, 5.74) is 1.98. The highest BCUT2D eigenvalue weighted by Gasteiger charge is 2.10. The van der Waals surface area contributed by atoms with Crippen molar-refractivity contribution >= 4 is 71.7 Å². The molecule has 112 valence electrons. The van der Waals surface area contributed by atoms with Gasteiger partial charge < -0.3 is 10.1 Å². The summed E-state index contributed by atoms with van der Waals surface area (Å²) < 4.78 is 8.77. The zero-order valence-corrected chi connectivity index (χ0v) is 17.3. The van der Waals surface area contributed by atoms with Crippen LogP contribution in [-0.4, -0.2) is 6.61 Å². The summed E-state index contributed by atoms with van der Waals surface area (Å²) in [6, 6.07) is 9.97. The van der Waals surface area contributed by atoms with Gasteiger partial charge in [0.15, 0.2) is 0 Å². The predicted octanol–water partition coefficient (Wildman–Crippen LogP) is 6.48. The highest BCUT2D eigenvalue weighted by molar-refractivity contribution is 14.1. The van der Waals surface area contributed by atoms with E-state index in [1.54, 1.807) is 0 Å². The molecule has 0 saturated heterocycles. The van der Waals surface area contributed by atoms with E-state index in [1.165, 1.54) is 0 Å². The molecule has 0 unspecified atom stereocenters. The molecular formula is C15H13Br2ClINO. The first kappa shape index (κ1) is 17.4. The highest BCUT2D eigenvalue weighted by Crippen LogP contribution is 2.34. The molecule has 2 nitrogen and oxygen atoms in total. The summed E-state index contributed by atoms with van der Waals surface area (Å²) in [6.07, 6.45) is 0. The lowest BCUT2D eigenvalue weighted by Crippen LogP contribution is -2.04. The lowest BCUT2D eigenvalue weighted by molar-refractivity contribution is 0.334. The summed E-state index contributed by atoms with van der Waals surface area (Å²) >= 11 is 15.5. The average Bonchev–Trinajstić information content (AvgIpc) is 2.41. The van der Waals surface area contributed by atoms with Crippen LogP contribution in [0.5, 0.6) is 5.75 Å². The molecule has 0 aliphatic rings. The first-order valence-corrected chi connectivity index (χ1v) is 9.35.